The fourth-order valence-electron chi connectivity index (χ4n) is 2.09. The van der Waals surface area contributed by atoms with E-state index in [0.29, 0.717) is 11.5 Å². The van der Waals surface area contributed by atoms with Gasteiger partial charge in [0.25, 0.3) is 0 Å². The molecule has 0 aliphatic heterocycles. The maximum absolute atomic E-state index is 6.52. The van der Waals surface area contributed by atoms with Crippen molar-refractivity contribution in [1.29, 1.82) is 0 Å². The number of hydrogen-bond acceptors (Lipinski definition) is 2. The van der Waals surface area contributed by atoms with Crippen LogP contribution >= 0.6 is 11.6 Å². The summed E-state index contributed by atoms with van der Waals surface area (Å²) in [4.78, 5) is 0. The normalized spacial score (nSPS) is 11.9. The molecule has 2 rings (SSSR count). The average molecular weight is 277 g/mol. The van der Waals surface area contributed by atoms with E-state index < -0.39 is 0 Å². The zero-order valence-electron chi connectivity index (χ0n) is 11.1. The van der Waals surface area contributed by atoms with E-state index in [1.54, 1.807) is 14.2 Å². The standard InChI is InChI=1S/C16H17ClO2/c1-18-15-10-6-9-13(16(15)19-2)14(17)11-12-7-4-3-5-8-12/h3-10,14H,11H2,1-2H3. The number of benzene rings is 2. The Hall–Kier alpha value is -1.67. The summed E-state index contributed by atoms with van der Waals surface area (Å²) in [6, 6.07) is 15.9. The lowest BCUT2D eigenvalue weighted by atomic mass is 10.0. The Balaban J connectivity index is 2.26. The summed E-state index contributed by atoms with van der Waals surface area (Å²) in [5.41, 5.74) is 2.15. The van der Waals surface area contributed by atoms with Gasteiger partial charge in [0, 0.05) is 5.56 Å². The van der Waals surface area contributed by atoms with Crippen molar-refractivity contribution in [3.8, 4) is 11.5 Å². The molecule has 0 bridgehead atoms. The van der Waals surface area contributed by atoms with Gasteiger partial charge < -0.3 is 9.47 Å². The Labute approximate surface area is 118 Å². The molecule has 2 aromatic rings. The Kier molecular flexibility index (Phi) is 4.69. The minimum Gasteiger partial charge on any atom is -0.493 e. The van der Waals surface area contributed by atoms with Crippen molar-refractivity contribution in [2.75, 3.05) is 14.2 Å². The van der Waals surface area contributed by atoms with Crippen molar-refractivity contribution in [2.24, 2.45) is 0 Å². The van der Waals surface area contributed by atoms with Crippen LogP contribution in [0, 0.1) is 0 Å². The first-order chi connectivity index (χ1) is 9.26. The average Bonchev–Trinajstić information content (AvgIpc) is 2.47. The Morgan fingerprint density at radius 3 is 2.32 bits per heavy atom. The third-order valence-electron chi connectivity index (χ3n) is 3.03. The molecule has 0 aromatic heterocycles. The molecule has 1 unspecified atom stereocenters. The van der Waals surface area contributed by atoms with E-state index in [0.717, 1.165) is 12.0 Å². The van der Waals surface area contributed by atoms with E-state index in [1.165, 1.54) is 5.56 Å². The molecule has 19 heavy (non-hydrogen) atoms. The highest BCUT2D eigenvalue weighted by Crippen LogP contribution is 2.38. The third kappa shape index (κ3) is 3.21. The second-order valence-corrected chi connectivity index (χ2v) is 4.77. The summed E-state index contributed by atoms with van der Waals surface area (Å²) in [5.74, 6) is 1.42. The second kappa shape index (κ2) is 6.48. The predicted octanol–water partition coefficient (Wildman–Crippen LogP) is 4.23. The largest absolute Gasteiger partial charge is 0.493 e. The molecule has 0 amide bonds. The van der Waals surface area contributed by atoms with Crippen LogP contribution in [0.5, 0.6) is 11.5 Å². The van der Waals surface area contributed by atoms with Gasteiger partial charge in [0.05, 0.1) is 19.6 Å². The van der Waals surface area contributed by atoms with Gasteiger partial charge in [-0.05, 0) is 18.1 Å². The van der Waals surface area contributed by atoms with Crippen LogP contribution in [-0.4, -0.2) is 14.2 Å². The minimum atomic E-state index is -0.146. The molecule has 100 valence electrons. The third-order valence-corrected chi connectivity index (χ3v) is 3.42. The summed E-state index contributed by atoms with van der Waals surface area (Å²) in [6.45, 7) is 0. The molecule has 0 N–H and O–H groups in total. The summed E-state index contributed by atoms with van der Waals surface area (Å²) in [7, 11) is 3.26. The van der Waals surface area contributed by atoms with Gasteiger partial charge in [0.15, 0.2) is 11.5 Å². The Morgan fingerprint density at radius 2 is 1.68 bits per heavy atom. The molecule has 0 radical (unpaired) electrons. The van der Waals surface area contributed by atoms with Gasteiger partial charge in [0.2, 0.25) is 0 Å². The van der Waals surface area contributed by atoms with Crippen LogP contribution < -0.4 is 9.47 Å². The number of para-hydroxylation sites is 1. The zero-order valence-corrected chi connectivity index (χ0v) is 11.9. The quantitative estimate of drug-likeness (QED) is 0.761. The van der Waals surface area contributed by atoms with Gasteiger partial charge in [-0.1, -0.05) is 42.5 Å². The van der Waals surface area contributed by atoms with Crippen molar-refractivity contribution in [1.82, 2.24) is 0 Å². The maximum atomic E-state index is 6.52. The second-order valence-electron chi connectivity index (χ2n) is 4.24. The first kappa shape index (κ1) is 13.8. The highest BCUT2D eigenvalue weighted by atomic mass is 35.5. The lowest BCUT2D eigenvalue weighted by Crippen LogP contribution is -2.01. The van der Waals surface area contributed by atoms with Gasteiger partial charge in [-0.15, -0.1) is 11.6 Å². The molecular formula is C16H17ClO2. The van der Waals surface area contributed by atoms with Gasteiger partial charge >= 0.3 is 0 Å². The molecule has 1 atom stereocenters. The molecule has 2 nitrogen and oxygen atoms in total. The fourth-order valence-corrected chi connectivity index (χ4v) is 2.44. The molecule has 0 spiro atoms. The van der Waals surface area contributed by atoms with Gasteiger partial charge in [-0.2, -0.15) is 0 Å². The van der Waals surface area contributed by atoms with E-state index in [-0.39, 0.29) is 5.38 Å². The van der Waals surface area contributed by atoms with Gasteiger partial charge in [-0.25, -0.2) is 0 Å². The highest BCUT2D eigenvalue weighted by Gasteiger charge is 2.17. The van der Waals surface area contributed by atoms with Crippen LogP contribution in [0.4, 0.5) is 0 Å². The van der Waals surface area contributed by atoms with Crippen LogP contribution in [0.3, 0.4) is 0 Å². The van der Waals surface area contributed by atoms with Crippen molar-refractivity contribution < 1.29 is 9.47 Å². The van der Waals surface area contributed by atoms with Gasteiger partial charge in [0.1, 0.15) is 0 Å². The molecule has 0 fully saturated rings. The Morgan fingerprint density at radius 1 is 0.947 bits per heavy atom. The molecule has 2 aromatic carbocycles. The summed E-state index contributed by atoms with van der Waals surface area (Å²) in [6.07, 6.45) is 0.756. The number of methoxy groups -OCH3 is 2. The van der Waals surface area contributed by atoms with E-state index in [1.807, 2.05) is 36.4 Å². The summed E-state index contributed by atoms with van der Waals surface area (Å²) in [5, 5.41) is -0.146. The van der Waals surface area contributed by atoms with E-state index in [9.17, 15) is 0 Å². The number of hydrogen-bond donors (Lipinski definition) is 0. The van der Waals surface area contributed by atoms with Crippen LogP contribution in [0.15, 0.2) is 48.5 Å². The molecule has 0 saturated carbocycles. The van der Waals surface area contributed by atoms with Crippen LogP contribution in [0.1, 0.15) is 16.5 Å². The smallest absolute Gasteiger partial charge is 0.165 e. The number of alkyl halides is 1. The monoisotopic (exact) mass is 276 g/mol. The molecule has 0 saturated heterocycles. The topological polar surface area (TPSA) is 18.5 Å². The Bertz CT molecular complexity index is 526. The molecule has 0 heterocycles. The van der Waals surface area contributed by atoms with E-state index >= 15 is 0 Å². The predicted molar refractivity (Wildman–Crippen MR) is 78.3 cm³/mol. The summed E-state index contributed by atoms with van der Waals surface area (Å²) < 4.78 is 10.7. The SMILES string of the molecule is COc1cccc(C(Cl)Cc2ccccc2)c1OC. The van der Waals surface area contributed by atoms with Gasteiger partial charge in [-0.3, -0.25) is 0 Å². The van der Waals surface area contributed by atoms with Crippen molar-refractivity contribution in [3.63, 3.8) is 0 Å². The fraction of sp³-hybridized carbons (Fsp3) is 0.250. The lowest BCUT2D eigenvalue weighted by Gasteiger charge is -2.16. The molecule has 3 heteroatoms. The van der Waals surface area contributed by atoms with Crippen LogP contribution in [0.2, 0.25) is 0 Å². The van der Waals surface area contributed by atoms with Crippen LogP contribution in [0.25, 0.3) is 0 Å². The molecule has 0 aliphatic carbocycles. The molecular weight excluding hydrogens is 260 g/mol. The maximum Gasteiger partial charge on any atom is 0.165 e. The first-order valence-corrected chi connectivity index (χ1v) is 6.58. The zero-order chi connectivity index (χ0) is 13.7. The summed E-state index contributed by atoms with van der Waals surface area (Å²) >= 11 is 6.52. The highest BCUT2D eigenvalue weighted by molar-refractivity contribution is 6.21. The molecule has 0 aliphatic rings. The number of ether oxygens (including phenoxy) is 2. The lowest BCUT2D eigenvalue weighted by molar-refractivity contribution is 0.351. The van der Waals surface area contributed by atoms with Crippen molar-refractivity contribution in [3.05, 3.63) is 59.7 Å². The van der Waals surface area contributed by atoms with Crippen LogP contribution in [-0.2, 0) is 6.42 Å². The van der Waals surface area contributed by atoms with E-state index in [2.05, 4.69) is 12.1 Å². The van der Waals surface area contributed by atoms with E-state index in [4.69, 9.17) is 21.1 Å². The minimum absolute atomic E-state index is 0.146. The van der Waals surface area contributed by atoms with Crippen molar-refractivity contribution in [2.45, 2.75) is 11.8 Å². The number of halogens is 1. The number of rotatable bonds is 5. The van der Waals surface area contributed by atoms with Crippen molar-refractivity contribution >= 4 is 11.6 Å². The first-order valence-electron chi connectivity index (χ1n) is 6.15.